The normalized spacial score (nSPS) is 11.3. The highest BCUT2D eigenvalue weighted by atomic mass is 16.5. The summed E-state index contributed by atoms with van der Waals surface area (Å²) in [5.74, 6) is -1.98. The van der Waals surface area contributed by atoms with Crippen LogP contribution in [0.15, 0.2) is 84.9 Å². The summed E-state index contributed by atoms with van der Waals surface area (Å²) >= 11 is 0. The molecule has 0 aromatic heterocycles. The number of hydrogen-bond donors (Lipinski definition) is 1. The van der Waals surface area contributed by atoms with Gasteiger partial charge in [-0.2, -0.15) is 0 Å². The minimum atomic E-state index is -1.25. The van der Waals surface area contributed by atoms with Crippen LogP contribution in [0, 0.1) is 0 Å². The Bertz CT molecular complexity index is 1020. The van der Waals surface area contributed by atoms with Gasteiger partial charge in [0.15, 0.2) is 0 Å². The molecule has 2 N–H and O–H groups in total. The Morgan fingerprint density at radius 2 is 1.31 bits per heavy atom. The number of ether oxygens (including phenoxy) is 1. The summed E-state index contributed by atoms with van der Waals surface area (Å²) in [4.78, 5) is 39.1. The Kier molecular flexibility index (Phi) is 6.04. The third kappa shape index (κ3) is 4.50. The topological polar surface area (TPSA) is 89.7 Å². The molecule has 2 amide bonds. The van der Waals surface area contributed by atoms with Gasteiger partial charge < -0.3 is 15.4 Å². The van der Waals surface area contributed by atoms with Crippen LogP contribution in [0.3, 0.4) is 0 Å². The molecule has 3 rings (SSSR count). The minimum Gasteiger partial charge on any atom is -0.444 e. The second-order valence-electron chi connectivity index (χ2n) is 6.34. The van der Waals surface area contributed by atoms with Crippen molar-refractivity contribution < 1.29 is 19.1 Å². The second kappa shape index (κ2) is 8.84. The van der Waals surface area contributed by atoms with Crippen molar-refractivity contribution in [1.29, 1.82) is 0 Å². The molecule has 3 aromatic carbocycles. The van der Waals surface area contributed by atoms with Crippen molar-refractivity contribution in [3.05, 3.63) is 102 Å². The highest BCUT2D eigenvalue weighted by molar-refractivity contribution is 6.12. The molecule has 29 heavy (non-hydrogen) atoms. The van der Waals surface area contributed by atoms with Crippen molar-refractivity contribution in [2.24, 2.45) is 5.73 Å². The highest BCUT2D eigenvalue weighted by Gasteiger charge is 2.27. The molecule has 0 radical (unpaired) electrons. The first-order valence-electron chi connectivity index (χ1n) is 8.96. The number of hydrogen-bond acceptors (Lipinski definition) is 4. The average molecular weight is 388 g/mol. The molecular formula is C23H20N2O4. The maximum atomic E-state index is 13.0. The van der Waals surface area contributed by atoms with E-state index in [2.05, 4.69) is 0 Å². The Labute approximate surface area is 168 Å². The molecule has 6 heteroatoms. The third-order valence-corrected chi connectivity index (χ3v) is 4.41. The summed E-state index contributed by atoms with van der Waals surface area (Å²) in [6, 6.07) is 23.9. The van der Waals surface area contributed by atoms with Crippen molar-refractivity contribution >= 4 is 23.5 Å². The van der Waals surface area contributed by atoms with E-state index in [1.54, 1.807) is 67.7 Å². The molecule has 0 fully saturated rings. The first-order valence-corrected chi connectivity index (χ1v) is 8.96. The van der Waals surface area contributed by atoms with E-state index >= 15 is 0 Å². The average Bonchev–Trinajstić information content (AvgIpc) is 2.77. The van der Waals surface area contributed by atoms with Gasteiger partial charge in [0.05, 0.1) is 11.1 Å². The van der Waals surface area contributed by atoms with Crippen molar-refractivity contribution in [2.45, 2.75) is 6.10 Å². The number of benzene rings is 3. The number of amides is 2. The zero-order chi connectivity index (χ0) is 20.8. The van der Waals surface area contributed by atoms with Crippen LogP contribution in [0.1, 0.15) is 32.4 Å². The number of primary amides is 1. The van der Waals surface area contributed by atoms with E-state index in [0.717, 1.165) is 0 Å². The molecule has 0 aliphatic carbocycles. The summed E-state index contributed by atoms with van der Waals surface area (Å²) in [5, 5.41) is 0. The number of nitrogens with zero attached hydrogens (tertiary/aromatic N) is 1. The van der Waals surface area contributed by atoms with Gasteiger partial charge in [0.25, 0.3) is 11.8 Å². The SMILES string of the molecule is CN(C(=O)c1ccccc1C(=O)OC(C(N)=O)c1ccccc1)c1ccccc1. The van der Waals surface area contributed by atoms with Crippen LogP contribution in [-0.2, 0) is 9.53 Å². The fourth-order valence-electron chi connectivity index (χ4n) is 2.89. The van der Waals surface area contributed by atoms with Gasteiger partial charge in [-0.1, -0.05) is 60.7 Å². The van der Waals surface area contributed by atoms with E-state index in [4.69, 9.17) is 10.5 Å². The van der Waals surface area contributed by atoms with E-state index in [1.165, 1.54) is 11.0 Å². The quantitative estimate of drug-likeness (QED) is 0.656. The first-order chi connectivity index (χ1) is 14.0. The molecule has 0 aliphatic rings. The molecule has 1 unspecified atom stereocenters. The lowest BCUT2D eigenvalue weighted by Gasteiger charge is -2.20. The molecule has 0 heterocycles. The van der Waals surface area contributed by atoms with Crippen LogP contribution >= 0.6 is 0 Å². The Balaban J connectivity index is 1.89. The molecule has 0 aliphatic heterocycles. The maximum Gasteiger partial charge on any atom is 0.340 e. The Hall–Kier alpha value is -3.93. The third-order valence-electron chi connectivity index (χ3n) is 4.41. The lowest BCUT2D eigenvalue weighted by Crippen LogP contribution is -2.30. The smallest absolute Gasteiger partial charge is 0.340 e. The molecular weight excluding hydrogens is 368 g/mol. The van der Waals surface area contributed by atoms with Crippen LogP contribution in [0.25, 0.3) is 0 Å². The van der Waals surface area contributed by atoms with Gasteiger partial charge in [0, 0.05) is 18.3 Å². The summed E-state index contributed by atoms with van der Waals surface area (Å²) < 4.78 is 5.38. The summed E-state index contributed by atoms with van der Waals surface area (Å²) in [7, 11) is 1.62. The van der Waals surface area contributed by atoms with Crippen molar-refractivity contribution in [3.63, 3.8) is 0 Å². The largest absolute Gasteiger partial charge is 0.444 e. The molecule has 0 spiro atoms. The highest BCUT2D eigenvalue weighted by Crippen LogP contribution is 2.22. The molecule has 0 bridgehead atoms. The molecule has 1 atom stereocenters. The van der Waals surface area contributed by atoms with Gasteiger partial charge in [-0.15, -0.1) is 0 Å². The van der Waals surface area contributed by atoms with Gasteiger partial charge in [0.1, 0.15) is 0 Å². The number of carbonyl (C=O) groups is 3. The van der Waals surface area contributed by atoms with E-state index in [0.29, 0.717) is 11.3 Å². The maximum absolute atomic E-state index is 13.0. The fourth-order valence-corrected chi connectivity index (χ4v) is 2.89. The lowest BCUT2D eigenvalue weighted by molar-refractivity contribution is -0.127. The molecule has 3 aromatic rings. The predicted octanol–water partition coefficient (Wildman–Crippen LogP) is 3.35. The summed E-state index contributed by atoms with van der Waals surface area (Å²) in [5.41, 5.74) is 6.79. The first kappa shape index (κ1) is 19.8. The number of carbonyl (C=O) groups excluding carboxylic acids is 3. The van der Waals surface area contributed by atoms with Gasteiger partial charge in [0.2, 0.25) is 6.10 Å². The Morgan fingerprint density at radius 3 is 1.90 bits per heavy atom. The summed E-state index contributed by atoms with van der Waals surface area (Å²) in [6.07, 6.45) is -1.25. The van der Waals surface area contributed by atoms with Gasteiger partial charge >= 0.3 is 5.97 Å². The Morgan fingerprint density at radius 1 is 0.793 bits per heavy atom. The van der Waals surface area contributed by atoms with Crippen molar-refractivity contribution in [1.82, 2.24) is 0 Å². The zero-order valence-electron chi connectivity index (χ0n) is 15.8. The van der Waals surface area contributed by atoms with Crippen LogP contribution in [0.5, 0.6) is 0 Å². The van der Waals surface area contributed by atoms with E-state index in [1.807, 2.05) is 18.2 Å². The number of rotatable bonds is 6. The van der Waals surface area contributed by atoms with E-state index < -0.39 is 18.0 Å². The minimum absolute atomic E-state index is 0.0578. The van der Waals surface area contributed by atoms with E-state index in [9.17, 15) is 14.4 Å². The molecule has 0 saturated carbocycles. The second-order valence-corrected chi connectivity index (χ2v) is 6.34. The number of nitrogens with two attached hydrogens (primary N) is 1. The van der Waals surface area contributed by atoms with Gasteiger partial charge in [-0.3, -0.25) is 9.59 Å². The lowest BCUT2D eigenvalue weighted by atomic mass is 10.1. The van der Waals surface area contributed by atoms with Crippen molar-refractivity contribution in [2.75, 3.05) is 11.9 Å². The fraction of sp³-hybridized carbons (Fsp3) is 0.0870. The molecule has 6 nitrogen and oxygen atoms in total. The van der Waals surface area contributed by atoms with Crippen LogP contribution in [0.4, 0.5) is 5.69 Å². The van der Waals surface area contributed by atoms with Gasteiger partial charge in [-0.25, -0.2) is 4.79 Å². The van der Waals surface area contributed by atoms with Crippen LogP contribution in [-0.4, -0.2) is 24.8 Å². The van der Waals surface area contributed by atoms with Crippen LogP contribution < -0.4 is 10.6 Å². The standard InChI is InChI=1S/C23H20N2O4/c1-25(17-12-6-3-7-13-17)22(27)18-14-8-9-15-19(18)23(28)29-20(21(24)26)16-10-4-2-5-11-16/h2-15,20H,1H3,(H2,24,26). The zero-order valence-corrected chi connectivity index (χ0v) is 15.8. The molecule has 0 saturated heterocycles. The number of anilines is 1. The number of para-hydroxylation sites is 1. The monoisotopic (exact) mass is 388 g/mol. The van der Waals surface area contributed by atoms with Gasteiger partial charge in [-0.05, 0) is 24.3 Å². The van der Waals surface area contributed by atoms with Crippen molar-refractivity contribution in [3.8, 4) is 0 Å². The predicted molar refractivity (Wildman–Crippen MR) is 109 cm³/mol. The van der Waals surface area contributed by atoms with E-state index in [-0.39, 0.29) is 17.0 Å². The molecule has 146 valence electrons. The number of esters is 1. The summed E-state index contributed by atoms with van der Waals surface area (Å²) in [6.45, 7) is 0. The van der Waals surface area contributed by atoms with Crippen LogP contribution in [0.2, 0.25) is 0 Å².